The molecule has 0 unspecified atom stereocenters. The number of thiophene rings is 1. The first kappa shape index (κ1) is 38.5. The molecule has 3 aromatic carbocycles. The predicted octanol–water partition coefficient (Wildman–Crippen LogP) is 13.1. The van der Waals surface area contributed by atoms with Gasteiger partial charge in [-0.3, -0.25) is 9.78 Å². The maximum atomic E-state index is 12.2. The number of aliphatic hydroxyl groups is 1. The smallest absolute Gasteiger partial charge is 0.164 e. The van der Waals surface area contributed by atoms with E-state index in [4.69, 9.17) is 9.40 Å². The van der Waals surface area contributed by atoms with Crippen LogP contribution < -0.4 is 0 Å². The average molecular weight is 853 g/mol. The molecule has 3 aromatic heterocycles. The third kappa shape index (κ3) is 7.29. The van der Waals surface area contributed by atoms with Gasteiger partial charge in [0.1, 0.15) is 16.9 Å². The van der Waals surface area contributed by atoms with Gasteiger partial charge in [-0.05, 0) is 67.2 Å². The van der Waals surface area contributed by atoms with Gasteiger partial charge in [0.25, 0.3) is 0 Å². The van der Waals surface area contributed by atoms with Crippen molar-refractivity contribution >= 4 is 59.9 Å². The number of aryl methyl sites for hydroxylation is 1. The molecule has 6 heteroatoms. The Hall–Kier alpha value is -3.31. The number of hydrogen-bond donors (Lipinski definition) is 1. The molecular weight excluding hydrogens is 803 g/mol. The number of allylic oxidation sites excluding steroid dienone is 2. The molecule has 3 heterocycles. The first-order valence-corrected chi connectivity index (χ1v) is 18.2. The van der Waals surface area contributed by atoms with Crippen LogP contribution in [0.3, 0.4) is 0 Å². The number of hydrogen-bond acceptors (Lipinski definition) is 5. The van der Waals surface area contributed by atoms with Gasteiger partial charge in [-0.25, -0.2) is 0 Å². The minimum atomic E-state index is -0.337. The van der Waals surface area contributed by atoms with Crippen LogP contribution in [0.4, 0.5) is 0 Å². The van der Waals surface area contributed by atoms with Crippen LogP contribution in [-0.4, -0.2) is 15.9 Å². The number of pyridine rings is 1. The fourth-order valence-electron chi connectivity index (χ4n) is 6.28. The number of aromatic nitrogens is 1. The SMILES string of the molecule is CCC(C)(CC)C(=O)/C=C(\O)C(C)(CC)CC.Cc1csc2ccc3c4ccnc(-c5[c-]c6ccccc6c(C(C)(C)C)c5)c4oc3c12.[Ir]. The van der Waals surface area contributed by atoms with E-state index in [1.54, 1.807) is 11.3 Å². The largest absolute Gasteiger partial charge is 0.512 e. The van der Waals surface area contributed by atoms with Gasteiger partial charge in [0.05, 0.1) is 0 Å². The van der Waals surface area contributed by atoms with E-state index >= 15 is 0 Å². The van der Waals surface area contributed by atoms with E-state index in [0.717, 1.165) is 64.3 Å². The molecule has 6 aromatic rings. The summed E-state index contributed by atoms with van der Waals surface area (Å²) in [5.41, 5.74) is 5.57. The van der Waals surface area contributed by atoms with Crippen molar-refractivity contribution in [2.75, 3.05) is 0 Å². The summed E-state index contributed by atoms with van der Waals surface area (Å²) in [6.45, 7) is 21.0. The molecule has 0 aliphatic heterocycles. The first-order valence-electron chi connectivity index (χ1n) is 17.3. The first-order chi connectivity index (χ1) is 22.7. The number of benzene rings is 3. The molecule has 0 spiro atoms. The van der Waals surface area contributed by atoms with Crippen LogP contribution in [0.15, 0.2) is 76.4 Å². The van der Waals surface area contributed by atoms with E-state index in [1.807, 2.05) is 47.7 Å². The topological polar surface area (TPSA) is 63.3 Å². The van der Waals surface area contributed by atoms with E-state index in [1.165, 1.54) is 32.7 Å². The Kier molecular flexibility index (Phi) is 11.7. The van der Waals surface area contributed by atoms with E-state index < -0.39 is 0 Å². The summed E-state index contributed by atoms with van der Waals surface area (Å²) >= 11 is 1.76. The molecule has 4 nitrogen and oxygen atoms in total. The number of nitrogens with zero attached hydrogens (tertiary/aromatic N) is 1. The van der Waals surface area contributed by atoms with Gasteiger partial charge < -0.3 is 9.52 Å². The van der Waals surface area contributed by atoms with Gasteiger partial charge in [-0.15, -0.1) is 40.5 Å². The molecule has 0 amide bonds. The molecular formula is C43H50IrNO3S-. The van der Waals surface area contributed by atoms with E-state index in [-0.39, 0.29) is 47.9 Å². The molecule has 6 rings (SSSR count). The third-order valence-corrected chi connectivity index (χ3v) is 11.8. The summed E-state index contributed by atoms with van der Waals surface area (Å²) in [5, 5.41) is 18.1. The average Bonchev–Trinajstić information content (AvgIpc) is 3.66. The van der Waals surface area contributed by atoms with E-state index in [2.05, 4.69) is 87.7 Å². The van der Waals surface area contributed by atoms with Crippen LogP contribution >= 0.6 is 11.3 Å². The van der Waals surface area contributed by atoms with Crippen LogP contribution in [0.2, 0.25) is 0 Å². The normalized spacial score (nSPS) is 12.7. The summed E-state index contributed by atoms with van der Waals surface area (Å²) < 4.78 is 7.81. The molecule has 1 N–H and O–H groups in total. The zero-order valence-corrected chi connectivity index (χ0v) is 33.8. The van der Waals surface area contributed by atoms with Crippen LogP contribution in [0.5, 0.6) is 0 Å². The minimum Gasteiger partial charge on any atom is -0.512 e. The van der Waals surface area contributed by atoms with E-state index in [0.29, 0.717) is 0 Å². The Balaban J connectivity index is 0.000000260. The van der Waals surface area contributed by atoms with Crippen molar-refractivity contribution in [2.24, 2.45) is 10.8 Å². The number of aliphatic hydroxyl groups excluding tert-OH is 1. The molecule has 1 radical (unpaired) electrons. The zero-order valence-electron chi connectivity index (χ0n) is 30.6. The van der Waals surface area contributed by atoms with Gasteiger partial charge in [0, 0.05) is 69.8 Å². The zero-order chi connectivity index (χ0) is 35.0. The fraction of sp³-hybridized carbons (Fsp3) is 0.395. The molecule has 0 aliphatic rings. The summed E-state index contributed by atoms with van der Waals surface area (Å²) in [4.78, 5) is 16.9. The van der Waals surface area contributed by atoms with Crippen molar-refractivity contribution in [3.63, 3.8) is 0 Å². The summed E-state index contributed by atoms with van der Waals surface area (Å²) in [7, 11) is 0. The van der Waals surface area contributed by atoms with Crippen molar-refractivity contribution in [3.8, 4) is 11.3 Å². The van der Waals surface area contributed by atoms with Gasteiger partial charge in [0.2, 0.25) is 0 Å². The maximum Gasteiger partial charge on any atom is 0.164 e. The van der Waals surface area contributed by atoms with Crippen molar-refractivity contribution in [2.45, 2.75) is 100 Å². The van der Waals surface area contributed by atoms with Crippen molar-refractivity contribution in [1.82, 2.24) is 4.98 Å². The van der Waals surface area contributed by atoms with Crippen molar-refractivity contribution in [3.05, 3.63) is 89.1 Å². The molecule has 0 bridgehead atoms. The standard InChI is InChI=1S/C28H22NOS.C15H28O2.Ir/c1-16-15-31-23-10-9-20-21-11-12-29-25(27(21)30-26(20)24(16)23)18-13-17-7-5-6-8-19(17)22(14-18)28(2,3)4;1-7-14(5,8-2)12(16)11-13(17)15(6,9-3)10-4;/h5-12,14-15H,1-4H3;11,16H,7-10H2,1-6H3;/q-1;;/b;12-11-;. The fourth-order valence-corrected chi connectivity index (χ4v) is 7.22. The van der Waals surface area contributed by atoms with Gasteiger partial charge >= 0.3 is 0 Å². The Bertz CT molecular complexity index is 2140. The third-order valence-electron chi connectivity index (χ3n) is 10.7. The minimum absolute atomic E-state index is 0. The second-order valence-electron chi connectivity index (χ2n) is 14.7. The Morgan fingerprint density at radius 1 is 0.878 bits per heavy atom. The number of fused-ring (bicyclic) bond motifs is 6. The monoisotopic (exact) mass is 853 g/mol. The molecule has 49 heavy (non-hydrogen) atoms. The molecule has 0 fully saturated rings. The molecule has 0 atom stereocenters. The Morgan fingerprint density at radius 2 is 1.51 bits per heavy atom. The number of carbonyl (C=O) groups excluding carboxylic acids is 1. The predicted molar refractivity (Wildman–Crippen MR) is 205 cm³/mol. The number of furan rings is 1. The molecule has 0 saturated heterocycles. The van der Waals surface area contributed by atoms with Crippen molar-refractivity contribution in [1.29, 1.82) is 0 Å². The van der Waals surface area contributed by atoms with Crippen LogP contribution in [0.25, 0.3) is 54.1 Å². The van der Waals surface area contributed by atoms with Gasteiger partial charge in [-0.2, -0.15) is 0 Å². The maximum absolute atomic E-state index is 12.2. The number of ketones is 1. The van der Waals surface area contributed by atoms with Crippen molar-refractivity contribution < 1.29 is 34.4 Å². The second kappa shape index (κ2) is 14.9. The Labute approximate surface area is 309 Å². The summed E-state index contributed by atoms with van der Waals surface area (Å²) in [5.74, 6) is 0.286. The number of carbonyl (C=O) groups is 1. The van der Waals surface area contributed by atoms with Crippen LogP contribution in [0, 0.1) is 23.8 Å². The van der Waals surface area contributed by atoms with Gasteiger partial charge in [0.15, 0.2) is 5.78 Å². The van der Waals surface area contributed by atoms with Gasteiger partial charge in [-0.1, -0.05) is 91.5 Å². The molecule has 0 saturated carbocycles. The number of rotatable bonds is 8. The van der Waals surface area contributed by atoms with Crippen LogP contribution in [0.1, 0.15) is 99.1 Å². The molecule has 0 aliphatic carbocycles. The summed E-state index contributed by atoms with van der Waals surface area (Å²) in [6, 6.07) is 20.8. The quantitative estimate of drug-likeness (QED) is 0.0941. The van der Waals surface area contributed by atoms with Crippen LogP contribution in [-0.2, 0) is 30.3 Å². The summed E-state index contributed by atoms with van der Waals surface area (Å²) in [6.07, 6.45) is 6.64. The second-order valence-corrected chi connectivity index (χ2v) is 15.6. The molecule has 261 valence electrons. The Morgan fingerprint density at radius 3 is 2.14 bits per heavy atom. The van der Waals surface area contributed by atoms with E-state index in [9.17, 15) is 9.90 Å².